The molecule has 1 unspecified atom stereocenters. The highest BCUT2D eigenvalue weighted by atomic mass is 16.2. The zero-order valence-electron chi connectivity index (χ0n) is 13.7. The number of hydrogen-bond donors (Lipinski definition) is 0. The average Bonchev–Trinajstić information content (AvgIpc) is 3.33. The van der Waals surface area contributed by atoms with Gasteiger partial charge in [-0.25, -0.2) is 9.78 Å². The third-order valence-electron chi connectivity index (χ3n) is 6.33. The largest absolute Gasteiger partial charge is 0.354 e. The first kappa shape index (κ1) is 14.3. The van der Waals surface area contributed by atoms with Gasteiger partial charge >= 0.3 is 6.03 Å². The van der Waals surface area contributed by atoms with Gasteiger partial charge in [0.1, 0.15) is 11.9 Å². The molecule has 4 atom stereocenters. The molecule has 1 aromatic rings. The van der Waals surface area contributed by atoms with E-state index < -0.39 is 0 Å². The van der Waals surface area contributed by atoms with Gasteiger partial charge in [-0.1, -0.05) is 12.5 Å². The maximum absolute atomic E-state index is 13.0. The number of amides is 3. The SMILES string of the molecule is O=C1[C@@H]2[C@@H]3CCC[C@@H]3CN2C(=O)N1C1CCN(c2ccccn2)C1. The molecule has 0 radical (unpaired) electrons. The van der Waals surface area contributed by atoms with Crippen molar-refractivity contribution >= 4 is 17.8 Å². The third kappa shape index (κ3) is 1.91. The first-order chi connectivity index (χ1) is 11.7. The van der Waals surface area contributed by atoms with Crippen LogP contribution in [0.25, 0.3) is 0 Å². The molecule has 0 spiro atoms. The Morgan fingerprint density at radius 1 is 1.08 bits per heavy atom. The molecular weight excluding hydrogens is 304 g/mol. The number of fused-ring (bicyclic) bond motifs is 3. The van der Waals surface area contributed by atoms with Gasteiger partial charge in [-0.3, -0.25) is 9.69 Å². The second-order valence-electron chi connectivity index (χ2n) is 7.52. The zero-order chi connectivity index (χ0) is 16.3. The van der Waals surface area contributed by atoms with Crippen molar-refractivity contribution in [3.05, 3.63) is 24.4 Å². The number of aromatic nitrogens is 1. The number of hydrogen-bond acceptors (Lipinski definition) is 4. The molecule has 1 aromatic heterocycles. The summed E-state index contributed by atoms with van der Waals surface area (Å²) >= 11 is 0. The van der Waals surface area contributed by atoms with Gasteiger partial charge in [0.2, 0.25) is 0 Å². The number of imide groups is 1. The van der Waals surface area contributed by atoms with Crippen molar-refractivity contribution in [1.29, 1.82) is 0 Å². The van der Waals surface area contributed by atoms with Gasteiger partial charge in [0.15, 0.2) is 0 Å². The second kappa shape index (κ2) is 5.19. The molecule has 1 aliphatic carbocycles. The number of rotatable bonds is 2. The van der Waals surface area contributed by atoms with Crippen molar-refractivity contribution in [2.45, 2.75) is 37.8 Å². The lowest BCUT2D eigenvalue weighted by molar-refractivity contribution is -0.130. The Morgan fingerprint density at radius 3 is 2.83 bits per heavy atom. The molecule has 0 N–H and O–H groups in total. The summed E-state index contributed by atoms with van der Waals surface area (Å²) in [4.78, 5) is 35.8. The van der Waals surface area contributed by atoms with Crippen molar-refractivity contribution in [2.75, 3.05) is 24.5 Å². The van der Waals surface area contributed by atoms with E-state index in [1.807, 2.05) is 23.1 Å². The number of carbonyl (C=O) groups excluding carboxylic acids is 2. The van der Waals surface area contributed by atoms with Crippen LogP contribution >= 0.6 is 0 Å². The number of urea groups is 1. The summed E-state index contributed by atoms with van der Waals surface area (Å²) in [5.41, 5.74) is 0. The van der Waals surface area contributed by atoms with E-state index in [9.17, 15) is 9.59 Å². The van der Waals surface area contributed by atoms with Crippen LogP contribution in [-0.4, -0.2) is 58.4 Å². The van der Waals surface area contributed by atoms with Crippen LogP contribution in [0.15, 0.2) is 24.4 Å². The van der Waals surface area contributed by atoms with E-state index in [1.165, 1.54) is 12.8 Å². The Bertz CT molecular complexity index is 679. The lowest BCUT2D eigenvalue weighted by atomic mass is 9.93. The third-order valence-corrected chi connectivity index (χ3v) is 6.33. The van der Waals surface area contributed by atoms with E-state index in [4.69, 9.17) is 0 Å². The fourth-order valence-corrected chi connectivity index (χ4v) is 5.23. The molecule has 4 fully saturated rings. The van der Waals surface area contributed by atoms with E-state index in [1.54, 1.807) is 11.1 Å². The molecule has 4 heterocycles. The first-order valence-corrected chi connectivity index (χ1v) is 9.03. The minimum Gasteiger partial charge on any atom is -0.354 e. The van der Waals surface area contributed by atoms with Crippen LogP contribution in [0, 0.1) is 11.8 Å². The molecule has 6 heteroatoms. The second-order valence-corrected chi connectivity index (χ2v) is 7.52. The summed E-state index contributed by atoms with van der Waals surface area (Å²) in [6.07, 6.45) is 6.10. The summed E-state index contributed by atoms with van der Waals surface area (Å²) in [6, 6.07) is 5.62. The topological polar surface area (TPSA) is 56.8 Å². The lowest BCUT2D eigenvalue weighted by Crippen LogP contribution is -2.44. The van der Waals surface area contributed by atoms with Gasteiger partial charge in [0, 0.05) is 25.8 Å². The molecule has 0 bridgehead atoms. The normalized spacial score (nSPS) is 35.1. The Labute approximate surface area is 141 Å². The van der Waals surface area contributed by atoms with E-state index in [-0.39, 0.29) is 24.0 Å². The lowest BCUT2D eigenvalue weighted by Gasteiger charge is -2.24. The molecule has 3 saturated heterocycles. The predicted octanol–water partition coefficient (Wildman–Crippen LogP) is 1.72. The van der Waals surface area contributed by atoms with Crippen molar-refractivity contribution < 1.29 is 9.59 Å². The quantitative estimate of drug-likeness (QED) is 0.777. The Morgan fingerprint density at radius 2 is 2.00 bits per heavy atom. The van der Waals surface area contributed by atoms with Crippen LogP contribution in [0.2, 0.25) is 0 Å². The monoisotopic (exact) mass is 326 g/mol. The van der Waals surface area contributed by atoms with Crippen LogP contribution in [0.1, 0.15) is 25.7 Å². The summed E-state index contributed by atoms with van der Waals surface area (Å²) < 4.78 is 0. The molecule has 126 valence electrons. The standard InChI is InChI=1S/C18H22N4O2/c23-17-16-14-5-3-4-12(14)10-21(16)18(24)22(17)13-7-9-20(11-13)15-6-1-2-8-19-15/h1-2,6,8,12-14,16H,3-5,7,9-11H2/t12-,13?,14-,16+/m1/s1. The van der Waals surface area contributed by atoms with Gasteiger partial charge in [-0.15, -0.1) is 0 Å². The molecule has 1 saturated carbocycles. The number of anilines is 1. The summed E-state index contributed by atoms with van der Waals surface area (Å²) in [5, 5.41) is 0. The maximum Gasteiger partial charge on any atom is 0.327 e. The molecular formula is C18H22N4O2. The predicted molar refractivity (Wildman–Crippen MR) is 88.4 cm³/mol. The van der Waals surface area contributed by atoms with Crippen LogP contribution in [0.4, 0.5) is 10.6 Å². The molecule has 5 rings (SSSR count). The highest BCUT2D eigenvalue weighted by Gasteiger charge is 2.58. The minimum atomic E-state index is -0.172. The van der Waals surface area contributed by atoms with Gasteiger partial charge < -0.3 is 9.80 Å². The van der Waals surface area contributed by atoms with Crippen molar-refractivity contribution in [3.63, 3.8) is 0 Å². The van der Waals surface area contributed by atoms with E-state index in [0.29, 0.717) is 18.4 Å². The summed E-state index contributed by atoms with van der Waals surface area (Å²) in [5.74, 6) is 1.94. The molecule has 4 aliphatic rings. The van der Waals surface area contributed by atoms with Gasteiger partial charge in [-0.05, 0) is 43.2 Å². The van der Waals surface area contributed by atoms with Crippen molar-refractivity contribution in [1.82, 2.24) is 14.8 Å². The maximum atomic E-state index is 13.0. The Hall–Kier alpha value is -2.11. The van der Waals surface area contributed by atoms with Crippen LogP contribution in [0.3, 0.4) is 0 Å². The Kier molecular flexibility index (Phi) is 3.08. The number of pyridine rings is 1. The van der Waals surface area contributed by atoms with Gasteiger partial charge in [0.05, 0.1) is 6.04 Å². The first-order valence-electron chi connectivity index (χ1n) is 9.03. The fourth-order valence-electron chi connectivity index (χ4n) is 5.23. The van der Waals surface area contributed by atoms with Crippen molar-refractivity contribution in [3.8, 4) is 0 Å². The van der Waals surface area contributed by atoms with E-state index >= 15 is 0 Å². The zero-order valence-corrected chi connectivity index (χ0v) is 13.7. The van der Waals surface area contributed by atoms with Gasteiger partial charge in [0.25, 0.3) is 5.91 Å². The van der Waals surface area contributed by atoms with Crippen LogP contribution in [0.5, 0.6) is 0 Å². The molecule has 0 aromatic carbocycles. The molecule has 24 heavy (non-hydrogen) atoms. The molecule has 3 aliphatic heterocycles. The van der Waals surface area contributed by atoms with E-state index in [0.717, 1.165) is 31.7 Å². The van der Waals surface area contributed by atoms with Crippen molar-refractivity contribution in [2.24, 2.45) is 11.8 Å². The average molecular weight is 326 g/mol. The summed E-state index contributed by atoms with van der Waals surface area (Å²) in [7, 11) is 0. The number of carbonyl (C=O) groups is 2. The number of nitrogens with zero attached hydrogens (tertiary/aromatic N) is 4. The fraction of sp³-hybridized carbons (Fsp3) is 0.611. The molecule has 6 nitrogen and oxygen atoms in total. The van der Waals surface area contributed by atoms with Crippen LogP contribution in [-0.2, 0) is 4.79 Å². The summed E-state index contributed by atoms with van der Waals surface area (Å²) in [6.45, 7) is 2.33. The minimum absolute atomic E-state index is 0.0162. The van der Waals surface area contributed by atoms with E-state index in [2.05, 4.69) is 9.88 Å². The highest BCUT2D eigenvalue weighted by Crippen LogP contribution is 2.46. The molecule has 3 amide bonds. The Balaban J connectivity index is 1.35. The van der Waals surface area contributed by atoms with Gasteiger partial charge in [-0.2, -0.15) is 0 Å². The smallest absolute Gasteiger partial charge is 0.327 e. The van der Waals surface area contributed by atoms with Crippen LogP contribution < -0.4 is 4.90 Å². The highest BCUT2D eigenvalue weighted by molar-refractivity contribution is 6.05.